The van der Waals surface area contributed by atoms with E-state index in [1.165, 1.54) is 17.0 Å². The molecule has 1 fully saturated rings. The lowest BCUT2D eigenvalue weighted by Crippen LogP contribution is -2.47. The average Bonchev–Trinajstić information content (AvgIpc) is 2.93. The molecular formula is C17H21FN2O4. The van der Waals surface area contributed by atoms with Gasteiger partial charge in [0, 0.05) is 24.2 Å². The van der Waals surface area contributed by atoms with Gasteiger partial charge in [-0.05, 0) is 38.0 Å². The van der Waals surface area contributed by atoms with Gasteiger partial charge in [0.25, 0.3) is 5.91 Å². The number of nitrogens with one attached hydrogen (secondary N) is 1. The largest absolute Gasteiger partial charge is 0.481 e. The number of carbonyl (C=O) groups excluding carboxylic acids is 2. The minimum absolute atomic E-state index is 0.0581. The summed E-state index contributed by atoms with van der Waals surface area (Å²) in [6, 6.07) is 3.95. The molecule has 0 spiro atoms. The van der Waals surface area contributed by atoms with Crippen molar-refractivity contribution in [2.24, 2.45) is 0 Å². The number of hydrogen-bond acceptors (Lipinski definition) is 3. The van der Waals surface area contributed by atoms with Gasteiger partial charge in [-0.1, -0.05) is 6.92 Å². The predicted octanol–water partition coefficient (Wildman–Crippen LogP) is 2.33. The Kier molecular flexibility index (Phi) is 5.21. The fraction of sp³-hybridized carbons (Fsp3) is 0.471. The molecule has 7 heteroatoms. The van der Waals surface area contributed by atoms with Gasteiger partial charge < -0.3 is 15.3 Å². The zero-order valence-corrected chi connectivity index (χ0v) is 13.8. The Morgan fingerprint density at radius 1 is 1.42 bits per heavy atom. The van der Waals surface area contributed by atoms with Crippen molar-refractivity contribution in [2.45, 2.75) is 45.1 Å². The van der Waals surface area contributed by atoms with Crippen molar-refractivity contribution >= 4 is 23.5 Å². The summed E-state index contributed by atoms with van der Waals surface area (Å²) < 4.78 is 14.1. The number of anilines is 1. The molecule has 1 atom stereocenters. The average molecular weight is 336 g/mol. The summed E-state index contributed by atoms with van der Waals surface area (Å²) in [5.74, 6) is -2.50. The van der Waals surface area contributed by atoms with E-state index in [0.29, 0.717) is 25.1 Å². The highest BCUT2D eigenvalue weighted by molar-refractivity contribution is 5.99. The monoisotopic (exact) mass is 336 g/mol. The highest BCUT2D eigenvalue weighted by atomic mass is 19.1. The maximum atomic E-state index is 14.1. The Balaban J connectivity index is 2.25. The second-order valence-electron chi connectivity index (χ2n) is 6.25. The number of hydrogen-bond donors (Lipinski definition) is 2. The summed E-state index contributed by atoms with van der Waals surface area (Å²) >= 11 is 0. The van der Waals surface area contributed by atoms with Crippen LogP contribution in [0.3, 0.4) is 0 Å². The summed E-state index contributed by atoms with van der Waals surface area (Å²) in [5, 5.41) is 11.6. The fourth-order valence-corrected chi connectivity index (χ4v) is 2.71. The van der Waals surface area contributed by atoms with Crippen LogP contribution in [-0.4, -0.2) is 35.0 Å². The predicted molar refractivity (Wildman–Crippen MR) is 86.4 cm³/mol. The van der Waals surface area contributed by atoms with Gasteiger partial charge in [0.15, 0.2) is 0 Å². The third-order valence-electron chi connectivity index (χ3n) is 4.32. The van der Waals surface area contributed by atoms with Crippen molar-refractivity contribution in [3.05, 3.63) is 29.6 Å². The highest BCUT2D eigenvalue weighted by Crippen LogP contribution is 2.24. The first-order valence-corrected chi connectivity index (χ1v) is 7.90. The molecule has 0 unspecified atom stereocenters. The van der Waals surface area contributed by atoms with Crippen LogP contribution in [0.1, 0.15) is 49.9 Å². The van der Waals surface area contributed by atoms with E-state index in [0.717, 1.165) is 12.5 Å². The minimum atomic E-state index is -1.04. The molecule has 130 valence electrons. The quantitative estimate of drug-likeness (QED) is 0.835. The van der Waals surface area contributed by atoms with E-state index in [2.05, 4.69) is 5.32 Å². The Labute approximate surface area is 139 Å². The number of amides is 2. The minimum Gasteiger partial charge on any atom is -0.481 e. The SMILES string of the molecule is CC[C@@](C)(CC(=O)O)NC(=O)c1cc(N2CCCC2=O)ccc1F. The van der Waals surface area contributed by atoms with Crippen LogP contribution in [0, 0.1) is 5.82 Å². The number of rotatable bonds is 6. The first-order valence-electron chi connectivity index (χ1n) is 7.90. The summed E-state index contributed by atoms with van der Waals surface area (Å²) in [6.45, 7) is 3.89. The summed E-state index contributed by atoms with van der Waals surface area (Å²) in [7, 11) is 0. The maximum Gasteiger partial charge on any atom is 0.305 e. The van der Waals surface area contributed by atoms with Crippen LogP contribution in [0.2, 0.25) is 0 Å². The lowest BCUT2D eigenvalue weighted by molar-refractivity contribution is -0.138. The number of carboxylic acid groups (broad SMARTS) is 1. The van der Waals surface area contributed by atoms with Crippen LogP contribution < -0.4 is 10.2 Å². The summed E-state index contributed by atoms with van der Waals surface area (Å²) in [5.41, 5.74) is -0.702. The Morgan fingerprint density at radius 2 is 2.12 bits per heavy atom. The van der Waals surface area contributed by atoms with Crippen molar-refractivity contribution < 1.29 is 23.9 Å². The van der Waals surface area contributed by atoms with Crippen molar-refractivity contribution in [3.63, 3.8) is 0 Å². The highest BCUT2D eigenvalue weighted by Gasteiger charge is 2.29. The fourth-order valence-electron chi connectivity index (χ4n) is 2.71. The van der Waals surface area contributed by atoms with E-state index in [4.69, 9.17) is 5.11 Å². The van der Waals surface area contributed by atoms with Crippen LogP contribution in [-0.2, 0) is 9.59 Å². The molecule has 2 N–H and O–H groups in total. The van der Waals surface area contributed by atoms with Gasteiger partial charge in [-0.25, -0.2) is 4.39 Å². The zero-order chi connectivity index (χ0) is 17.9. The molecule has 1 aromatic carbocycles. The molecule has 6 nitrogen and oxygen atoms in total. The topological polar surface area (TPSA) is 86.7 Å². The standard InChI is InChI=1S/C17H21FN2O4/c1-3-17(2,10-15(22)23)19-16(24)12-9-11(6-7-13(12)18)20-8-4-5-14(20)21/h6-7,9H,3-5,8,10H2,1-2H3,(H,19,24)(H,22,23)/t17-/m0/s1. The smallest absolute Gasteiger partial charge is 0.305 e. The molecule has 1 aromatic rings. The van der Waals surface area contributed by atoms with Gasteiger partial charge in [0.05, 0.1) is 12.0 Å². The number of halogens is 1. The number of nitrogens with zero attached hydrogens (tertiary/aromatic N) is 1. The van der Waals surface area contributed by atoms with Crippen molar-refractivity contribution in [1.29, 1.82) is 0 Å². The first kappa shape index (κ1) is 17.9. The summed E-state index contributed by atoms with van der Waals surface area (Å²) in [6.07, 6.45) is 1.29. The van der Waals surface area contributed by atoms with Gasteiger partial charge in [-0.3, -0.25) is 14.4 Å². The van der Waals surface area contributed by atoms with Crippen molar-refractivity contribution in [1.82, 2.24) is 5.32 Å². The number of carbonyl (C=O) groups is 3. The molecule has 0 radical (unpaired) electrons. The molecule has 1 saturated heterocycles. The van der Waals surface area contributed by atoms with Crippen LogP contribution in [0.4, 0.5) is 10.1 Å². The van der Waals surface area contributed by atoms with Crippen molar-refractivity contribution in [3.8, 4) is 0 Å². The Bertz CT molecular complexity index is 677. The third kappa shape index (κ3) is 3.90. The molecule has 0 aliphatic carbocycles. The third-order valence-corrected chi connectivity index (χ3v) is 4.32. The molecule has 0 aromatic heterocycles. The molecule has 1 aliphatic heterocycles. The van der Waals surface area contributed by atoms with Crippen LogP contribution in [0.25, 0.3) is 0 Å². The van der Waals surface area contributed by atoms with Gasteiger partial charge in [0.2, 0.25) is 5.91 Å². The van der Waals surface area contributed by atoms with E-state index in [-0.39, 0.29) is 17.9 Å². The first-order chi connectivity index (χ1) is 11.3. The second-order valence-corrected chi connectivity index (χ2v) is 6.25. The van der Waals surface area contributed by atoms with E-state index < -0.39 is 23.2 Å². The molecule has 1 heterocycles. The number of benzene rings is 1. The van der Waals surface area contributed by atoms with E-state index in [1.54, 1.807) is 13.8 Å². The normalized spacial score (nSPS) is 16.8. The maximum absolute atomic E-state index is 14.1. The molecule has 24 heavy (non-hydrogen) atoms. The molecule has 0 saturated carbocycles. The van der Waals surface area contributed by atoms with Gasteiger partial charge in [-0.15, -0.1) is 0 Å². The second kappa shape index (κ2) is 6.98. The van der Waals surface area contributed by atoms with E-state index in [1.807, 2.05) is 0 Å². The van der Waals surface area contributed by atoms with Gasteiger partial charge in [0.1, 0.15) is 5.82 Å². The number of carboxylic acids is 1. The molecule has 2 amide bonds. The molecule has 0 bridgehead atoms. The van der Waals surface area contributed by atoms with E-state index >= 15 is 0 Å². The lowest BCUT2D eigenvalue weighted by Gasteiger charge is -2.28. The lowest BCUT2D eigenvalue weighted by atomic mass is 9.94. The summed E-state index contributed by atoms with van der Waals surface area (Å²) in [4.78, 5) is 36.7. The zero-order valence-electron chi connectivity index (χ0n) is 13.8. The van der Waals surface area contributed by atoms with Crippen molar-refractivity contribution in [2.75, 3.05) is 11.4 Å². The van der Waals surface area contributed by atoms with Gasteiger partial charge >= 0.3 is 5.97 Å². The molecule has 2 rings (SSSR count). The Hall–Kier alpha value is -2.44. The molecular weight excluding hydrogens is 315 g/mol. The van der Waals surface area contributed by atoms with Crippen LogP contribution in [0.5, 0.6) is 0 Å². The van der Waals surface area contributed by atoms with Gasteiger partial charge in [-0.2, -0.15) is 0 Å². The number of aliphatic carboxylic acids is 1. The van der Waals surface area contributed by atoms with Crippen LogP contribution >= 0.6 is 0 Å². The van der Waals surface area contributed by atoms with E-state index in [9.17, 15) is 18.8 Å². The molecule has 1 aliphatic rings. The van der Waals surface area contributed by atoms with Crippen LogP contribution in [0.15, 0.2) is 18.2 Å². The Morgan fingerprint density at radius 3 is 2.67 bits per heavy atom.